The first-order chi connectivity index (χ1) is 13.2. The van der Waals surface area contributed by atoms with E-state index in [1.54, 1.807) is 34.2 Å². The largest absolute Gasteiger partial charge is 0.348 e. The number of anilines is 1. The minimum absolute atomic E-state index is 0.129. The molecule has 1 aromatic carbocycles. The number of nitrogens with one attached hydrogen (secondary N) is 1. The van der Waals surface area contributed by atoms with Gasteiger partial charge in [-0.1, -0.05) is 6.07 Å². The molecule has 1 aliphatic heterocycles. The Labute approximate surface area is 155 Å². The minimum atomic E-state index is -0.192. The lowest BCUT2D eigenvalue weighted by atomic mass is 10.1. The SMILES string of the molecule is O=C(NCc1cccnc1-n1cncn1)c1ccc(N2CCCC2=O)cc1. The van der Waals surface area contributed by atoms with Crippen LogP contribution in [0.3, 0.4) is 0 Å². The van der Waals surface area contributed by atoms with Crippen LogP contribution in [0.25, 0.3) is 5.82 Å². The summed E-state index contributed by atoms with van der Waals surface area (Å²) in [4.78, 5) is 34.3. The Morgan fingerprint density at radius 2 is 2.04 bits per heavy atom. The van der Waals surface area contributed by atoms with Crippen LogP contribution in [-0.2, 0) is 11.3 Å². The van der Waals surface area contributed by atoms with Crippen LogP contribution in [0.1, 0.15) is 28.8 Å². The van der Waals surface area contributed by atoms with Crippen molar-refractivity contribution in [2.45, 2.75) is 19.4 Å². The second kappa shape index (κ2) is 7.36. The quantitative estimate of drug-likeness (QED) is 0.746. The van der Waals surface area contributed by atoms with Crippen LogP contribution in [0.4, 0.5) is 5.69 Å². The molecule has 0 atom stereocenters. The van der Waals surface area contributed by atoms with Gasteiger partial charge in [0.05, 0.1) is 0 Å². The van der Waals surface area contributed by atoms with Crippen LogP contribution in [-0.4, -0.2) is 38.1 Å². The number of rotatable bonds is 5. The van der Waals surface area contributed by atoms with Crippen molar-refractivity contribution >= 4 is 17.5 Å². The van der Waals surface area contributed by atoms with Crippen molar-refractivity contribution < 1.29 is 9.59 Å². The predicted molar refractivity (Wildman–Crippen MR) is 98.4 cm³/mol. The number of amides is 2. The van der Waals surface area contributed by atoms with Crippen molar-refractivity contribution in [3.05, 3.63) is 66.4 Å². The molecule has 0 unspecified atom stereocenters. The normalized spacial score (nSPS) is 13.8. The molecule has 136 valence electrons. The van der Waals surface area contributed by atoms with Crippen molar-refractivity contribution in [1.29, 1.82) is 0 Å². The van der Waals surface area contributed by atoms with Gasteiger partial charge in [0, 0.05) is 42.5 Å². The van der Waals surface area contributed by atoms with Crippen LogP contribution >= 0.6 is 0 Å². The molecule has 8 heteroatoms. The number of aromatic nitrogens is 4. The van der Waals surface area contributed by atoms with Gasteiger partial charge < -0.3 is 10.2 Å². The van der Waals surface area contributed by atoms with Crippen LogP contribution in [0, 0.1) is 0 Å². The number of nitrogens with zero attached hydrogens (tertiary/aromatic N) is 5. The van der Waals surface area contributed by atoms with E-state index in [-0.39, 0.29) is 11.8 Å². The Kier molecular flexibility index (Phi) is 4.61. The average molecular weight is 362 g/mol. The highest BCUT2D eigenvalue weighted by molar-refractivity contribution is 5.97. The summed E-state index contributed by atoms with van der Waals surface area (Å²) in [6.45, 7) is 1.05. The fraction of sp³-hybridized carbons (Fsp3) is 0.211. The summed E-state index contributed by atoms with van der Waals surface area (Å²) in [5.74, 6) is 0.560. The molecule has 1 saturated heterocycles. The molecular formula is C19H18N6O2. The topological polar surface area (TPSA) is 93.0 Å². The van der Waals surface area contributed by atoms with Crippen molar-refractivity contribution in [1.82, 2.24) is 25.1 Å². The van der Waals surface area contributed by atoms with E-state index in [0.29, 0.717) is 24.3 Å². The minimum Gasteiger partial charge on any atom is -0.348 e. The first-order valence-corrected chi connectivity index (χ1v) is 8.70. The van der Waals surface area contributed by atoms with Crippen molar-refractivity contribution in [2.75, 3.05) is 11.4 Å². The van der Waals surface area contributed by atoms with Gasteiger partial charge in [0.2, 0.25) is 5.91 Å². The first-order valence-electron chi connectivity index (χ1n) is 8.70. The molecule has 0 bridgehead atoms. The summed E-state index contributed by atoms with van der Waals surface area (Å²) in [6.07, 6.45) is 6.12. The fourth-order valence-electron chi connectivity index (χ4n) is 3.08. The number of pyridine rings is 1. The third-order valence-electron chi connectivity index (χ3n) is 4.46. The van der Waals surface area contributed by atoms with Gasteiger partial charge in [-0.15, -0.1) is 0 Å². The van der Waals surface area contributed by atoms with Crippen LogP contribution in [0.5, 0.6) is 0 Å². The van der Waals surface area contributed by atoms with E-state index in [1.807, 2.05) is 24.3 Å². The van der Waals surface area contributed by atoms with Crippen molar-refractivity contribution in [3.8, 4) is 5.82 Å². The molecule has 8 nitrogen and oxygen atoms in total. The number of hydrogen-bond acceptors (Lipinski definition) is 5. The zero-order valence-corrected chi connectivity index (χ0v) is 14.6. The lowest BCUT2D eigenvalue weighted by Crippen LogP contribution is -2.25. The number of benzene rings is 1. The molecule has 4 rings (SSSR count). The Bertz CT molecular complexity index is 953. The summed E-state index contributed by atoms with van der Waals surface area (Å²) >= 11 is 0. The Morgan fingerprint density at radius 1 is 1.19 bits per heavy atom. The molecule has 0 spiro atoms. The zero-order chi connectivity index (χ0) is 18.6. The van der Waals surface area contributed by atoms with Gasteiger partial charge in [-0.2, -0.15) is 5.10 Å². The molecule has 1 fully saturated rings. The number of carbonyl (C=O) groups excluding carboxylic acids is 2. The van der Waals surface area contributed by atoms with E-state index in [9.17, 15) is 9.59 Å². The Morgan fingerprint density at radius 3 is 2.74 bits per heavy atom. The van der Waals surface area contributed by atoms with Gasteiger partial charge in [0.1, 0.15) is 12.7 Å². The molecule has 1 N–H and O–H groups in total. The maximum absolute atomic E-state index is 12.5. The smallest absolute Gasteiger partial charge is 0.251 e. The van der Waals surface area contributed by atoms with E-state index in [0.717, 1.165) is 24.2 Å². The second-order valence-electron chi connectivity index (χ2n) is 6.20. The van der Waals surface area contributed by atoms with E-state index < -0.39 is 0 Å². The fourth-order valence-corrected chi connectivity index (χ4v) is 3.08. The van der Waals surface area contributed by atoms with Gasteiger partial charge in [0.25, 0.3) is 5.91 Å². The van der Waals surface area contributed by atoms with Crippen LogP contribution < -0.4 is 10.2 Å². The molecule has 1 aliphatic rings. The lowest BCUT2D eigenvalue weighted by molar-refractivity contribution is -0.117. The third-order valence-corrected chi connectivity index (χ3v) is 4.46. The standard InChI is InChI=1S/C19H18N6O2/c26-17-4-2-10-24(17)16-7-5-14(6-8-16)19(27)22-11-15-3-1-9-21-18(15)25-13-20-12-23-25/h1,3,5-9,12-13H,2,4,10-11H2,(H,22,27). The van der Waals surface area contributed by atoms with E-state index in [1.165, 1.54) is 6.33 Å². The molecule has 3 aromatic rings. The first kappa shape index (κ1) is 16.9. The van der Waals surface area contributed by atoms with Gasteiger partial charge >= 0.3 is 0 Å². The molecule has 2 amide bonds. The molecule has 0 radical (unpaired) electrons. The van der Waals surface area contributed by atoms with Gasteiger partial charge in [-0.05, 0) is 36.8 Å². The third kappa shape index (κ3) is 3.55. The summed E-state index contributed by atoms with van der Waals surface area (Å²) < 4.78 is 1.56. The highest BCUT2D eigenvalue weighted by Gasteiger charge is 2.21. The van der Waals surface area contributed by atoms with E-state index >= 15 is 0 Å². The monoisotopic (exact) mass is 362 g/mol. The predicted octanol–water partition coefficient (Wildman–Crippen LogP) is 1.72. The second-order valence-corrected chi connectivity index (χ2v) is 6.20. The molecule has 3 heterocycles. The van der Waals surface area contributed by atoms with Gasteiger partial charge in [0.15, 0.2) is 5.82 Å². The van der Waals surface area contributed by atoms with Crippen LogP contribution in [0.15, 0.2) is 55.2 Å². The summed E-state index contributed by atoms with van der Waals surface area (Å²) in [5.41, 5.74) is 2.20. The van der Waals surface area contributed by atoms with Gasteiger partial charge in [-0.3, -0.25) is 9.59 Å². The summed E-state index contributed by atoms with van der Waals surface area (Å²) in [5, 5.41) is 6.98. The van der Waals surface area contributed by atoms with E-state index in [2.05, 4.69) is 20.4 Å². The zero-order valence-electron chi connectivity index (χ0n) is 14.6. The van der Waals surface area contributed by atoms with Gasteiger partial charge in [-0.25, -0.2) is 14.6 Å². The van der Waals surface area contributed by atoms with Crippen molar-refractivity contribution in [2.24, 2.45) is 0 Å². The maximum Gasteiger partial charge on any atom is 0.251 e. The summed E-state index contributed by atoms with van der Waals surface area (Å²) in [6, 6.07) is 10.8. The summed E-state index contributed by atoms with van der Waals surface area (Å²) in [7, 11) is 0. The molecule has 2 aromatic heterocycles. The molecule has 0 aliphatic carbocycles. The van der Waals surface area contributed by atoms with Crippen LogP contribution in [0.2, 0.25) is 0 Å². The maximum atomic E-state index is 12.5. The average Bonchev–Trinajstić information content (AvgIpc) is 3.38. The molecule has 27 heavy (non-hydrogen) atoms. The number of hydrogen-bond donors (Lipinski definition) is 1. The Balaban J connectivity index is 1.44. The van der Waals surface area contributed by atoms with E-state index in [4.69, 9.17) is 0 Å². The highest BCUT2D eigenvalue weighted by Crippen LogP contribution is 2.21. The lowest BCUT2D eigenvalue weighted by Gasteiger charge is -2.16. The number of carbonyl (C=O) groups is 2. The highest BCUT2D eigenvalue weighted by atomic mass is 16.2. The Hall–Kier alpha value is -3.55. The molecular weight excluding hydrogens is 344 g/mol. The van der Waals surface area contributed by atoms with Crippen molar-refractivity contribution in [3.63, 3.8) is 0 Å². The molecule has 0 saturated carbocycles.